The van der Waals surface area contributed by atoms with Crippen molar-refractivity contribution in [2.45, 2.75) is 33.2 Å². The Bertz CT molecular complexity index is 887. The van der Waals surface area contributed by atoms with E-state index >= 15 is 0 Å². The Labute approximate surface area is 205 Å². The number of hydrogen-bond acceptors (Lipinski definition) is 5. The first-order valence-electron chi connectivity index (χ1n) is 10.7. The van der Waals surface area contributed by atoms with Gasteiger partial charge in [-0.1, -0.05) is 0 Å². The first kappa shape index (κ1) is 25.8. The minimum atomic E-state index is -0.314. The highest BCUT2D eigenvalue weighted by Crippen LogP contribution is 2.21. The van der Waals surface area contributed by atoms with Gasteiger partial charge < -0.3 is 19.7 Å². The molecule has 2 heterocycles. The van der Waals surface area contributed by atoms with Crippen molar-refractivity contribution in [2.24, 2.45) is 10.9 Å². The van der Waals surface area contributed by atoms with Crippen LogP contribution in [-0.2, 0) is 16.1 Å². The Balaban J connectivity index is 0.00000363. The highest BCUT2D eigenvalue weighted by Gasteiger charge is 2.27. The van der Waals surface area contributed by atoms with E-state index in [2.05, 4.69) is 15.2 Å². The molecule has 0 radical (unpaired) electrons. The number of nitrogens with zero attached hydrogens (tertiary/aromatic N) is 3. The average molecular weight is 556 g/mol. The second-order valence-corrected chi connectivity index (χ2v) is 7.24. The molecule has 0 saturated carbocycles. The summed E-state index contributed by atoms with van der Waals surface area (Å²) in [4.78, 5) is 23.1. The van der Waals surface area contributed by atoms with E-state index < -0.39 is 0 Å². The quantitative estimate of drug-likeness (QED) is 0.236. The summed E-state index contributed by atoms with van der Waals surface area (Å²) in [6, 6.07) is 9.52. The van der Waals surface area contributed by atoms with Crippen molar-refractivity contribution < 1.29 is 18.7 Å². The monoisotopic (exact) mass is 556 g/mol. The van der Waals surface area contributed by atoms with Crippen molar-refractivity contribution in [3.63, 3.8) is 0 Å². The molecule has 1 aliphatic heterocycles. The largest absolute Gasteiger partial charge is 0.466 e. The molecule has 0 amide bonds. The summed E-state index contributed by atoms with van der Waals surface area (Å²) < 4.78 is 23.9. The first-order chi connectivity index (χ1) is 15.1. The number of hydrogen-bond donors (Lipinski definition) is 1. The fraction of sp³-hybridized carbons (Fsp3) is 0.435. The van der Waals surface area contributed by atoms with Crippen LogP contribution in [0.1, 0.15) is 32.3 Å². The molecule has 1 N–H and O–H groups in total. The number of benzene rings is 1. The second-order valence-electron chi connectivity index (χ2n) is 7.24. The molecule has 1 aliphatic rings. The third-order valence-electron chi connectivity index (χ3n) is 5.00. The van der Waals surface area contributed by atoms with Crippen LogP contribution < -0.4 is 10.1 Å². The maximum absolute atomic E-state index is 13.1. The fourth-order valence-electron chi connectivity index (χ4n) is 3.41. The molecular weight excluding hydrogens is 526 g/mol. The van der Waals surface area contributed by atoms with Gasteiger partial charge in [-0.25, -0.2) is 14.4 Å². The number of carbonyl (C=O) groups is 1. The van der Waals surface area contributed by atoms with Gasteiger partial charge in [-0.05, 0) is 62.6 Å². The van der Waals surface area contributed by atoms with Crippen LogP contribution in [0.5, 0.6) is 11.6 Å². The molecule has 0 atom stereocenters. The minimum Gasteiger partial charge on any atom is -0.466 e. The molecule has 9 heteroatoms. The van der Waals surface area contributed by atoms with E-state index in [4.69, 9.17) is 14.5 Å². The van der Waals surface area contributed by atoms with Gasteiger partial charge in [0, 0.05) is 31.9 Å². The van der Waals surface area contributed by atoms with Crippen molar-refractivity contribution in [2.75, 3.05) is 26.2 Å². The van der Waals surface area contributed by atoms with E-state index in [1.54, 1.807) is 18.3 Å². The van der Waals surface area contributed by atoms with Gasteiger partial charge in [0.25, 0.3) is 0 Å². The number of piperidine rings is 1. The normalized spacial score (nSPS) is 14.5. The number of ether oxygens (including phenoxy) is 2. The number of aliphatic imine (C=N–C) groups is 1. The van der Waals surface area contributed by atoms with E-state index in [0.29, 0.717) is 24.8 Å². The molecule has 1 saturated heterocycles. The van der Waals surface area contributed by atoms with E-state index in [0.717, 1.165) is 44.0 Å². The van der Waals surface area contributed by atoms with Crippen LogP contribution in [0.2, 0.25) is 0 Å². The van der Waals surface area contributed by atoms with Crippen molar-refractivity contribution in [1.82, 2.24) is 15.2 Å². The number of guanidine groups is 1. The van der Waals surface area contributed by atoms with E-state index in [1.807, 2.05) is 26.0 Å². The van der Waals surface area contributed by atoms with Crippen LogP contribution in [0, 0.1) is 11.7 Å². The van der Waals surface area contributed by atoms with Crippen LogP contribution in [-0.4, -0.2) is 48.1 Å². The summed E-state index contributed by atoms with van der Waals surface area (Å²) >= 11 is 0. The molecule has 0 unspecified atom stereocenters. The fourth-order valence-corrected chi connectivity index (χ4v) is 3.41. The zero-order chi connectivity index (χ0) is 22.1. The summed E-state index contributed by atoms with van der Waals surface area (Å²) in [6.07, 6.45) is 3.18. The number of esters is 1. The Morgan fingerprint density at radius 1 is 1.22 bits per heavy atom. The number of pyridine rings is 1. The zero-order valence-electron chi connectivity index (χ0n) is 18.4. The number of halogens is 2. The number of carbonyl (C=O) groups excluding carboxylic acids is 1. The summed E-state index contributed by atoms with van der Waals surface area (Å²) in [6.45, 7) is 7.01. The van der Waals surface area contributed by atoms with Gasteiger partial charge >= 0.3 is 5.97 Å². The molecule has 174 valence electrons. The standard InChI is InChI=1S/C23H29FN4O3.HI/c1-3-25-23(28-13-10-18(11-14-28)22(29)30-4-2)27-16-17-9-12-26-21(15-17)31-20-7-5-19(24)6-8-20;/h5-9,12,15,18H,3-4,10-11,13-14,16H2,1-2H3,(H,25,27);1H. The molecule has 1 aromatic heterocycles. The van der Waals surface area contributed by atoms with E-state index in [9.17, 15) is 9.18 Å². The smallest absolute Gasteiger partial charge is 0.309 e. The molecule has 0 aliphatic carbocycles. The Hall–Kier alpha value is -2.43. The summed E-state index contributed by atoms with van der Waals surface area (Å²) in [5, 5.41) is 3.33. The Morgan fingerprint density at radius 2 is 1.94 bits per heavy atom. The molecular formula is C23H30FIN4O3. The number of likely N-dealkylation sites (tertiary alicyclic amines) is 1. The maximum atomic E-state index is 13.1. The molecule has 2 aromatic rings. The topological polar surface area (TPSA) is 76.1 Å². The maximum Gasteiger partial charge on any atom is 0.309 e. The highest BCUT2D eigenvalue weighted by molar-refractivity contribution is 14.0. The lowest BCUT2D eigenvalue weighted by atomic mass is 9.97. The zero-order valence-corrected chi connectivity index (χ0v) is 20.8. The predicted molar refractivity (Wildman–Crippen MR) is 132 cm³/mol. The highest BCUT2D eigenvalue weighted by atomic mass is 127. The molecule has 7 nitrogen and oxygen atoms in total. The van der Waals surface area contributed by atoms with Crippen LogP contribution >= 0.6 is 24.0 Å². The number of nitrogens with one attached hydrogen (secondary N) is 1. The SMILES string of the molecule is CCNC(=NCc1ccnc(Oc2ccc(F)cc2)c1)N1CCC(C(=O)OCC)CC1.I. The van der Waals surface area contributed by atoms with Gasteiger partial charge in [0.1, 0.15) is 11.6 Å². The average Bonchev–Trinajstić information content (AvgIpc) is 2.79. The van der Waals surface area contributed by atoms with Gasteiger partial charge in [-0.3, -0.25) is 4.79 Å². The molecule has 32 heavy (non-hydrogen) atoms. The van der Waals surface area contributed by atoms with E-state index in [1.165, 1.54) is 12.1 Å². The van der Waals surface area contributed by atoms with Gasteiger partial charge in [0.2, 0.25) is 5.88 Å². The lowest BCUT2D eigenvalue weighted by molar-refractivity contribution is -0.149. The van der Waals surface area contributed by atoms with Gasteiger partial charge in [-0.2, -0.15) is 0 Å². The molecule has 1 aromatic carbocycles. The summed E-state index contributed by atoms with van der Waals surface area (Å²) in [5.41, 5.74) is 0.948. The van der Waals surface area contributed by atoms with Crippen LogP contribution in [0.25, 0.3) is 0 Å². The third-order valence-corrected chi connectivity index (χ3v) is 5.00. The van der Waals surface area contributed by atoms with Crippen molar-refractivity contribution >= 4 is 35.9 Å². The number of rotatable bonds is 7. The van der Waals surface area contributed by atoms with Crippen molar-refractivity contribution in [3.05, 3.63) is 54.0 Å². The van der Waals surface area contributed by atoms with Crippen molar-refractivity contribution in [3.8, 4) is 11.6 Å². The Kier molecular flexibility index (Phi) is 10.6. The summed E-state index contributed by atoms with van der Waals surface area (Å²) in [5.74, 6) is 1.32. The second kappa shape index (κ2) is 13.2. The molecule has 1 fully saturated rings. The first-order valence-corrected chi connectivity index (χ1v) is 10.7. The predicted octanol–water partition coefficient (Wildman–Crippen LogP) is 4.37. The van der Waals surface area contributed by atoms with Crippen LogP contribution in [0.15, 0.2) is 47.6 Å². The number of aromatic nitrogens is 1. The molecule has 0 bridgehead atoms. The summed E-state index contributed by atoms with van der Waals surface area (Å²) in [7, 11) is 0. The lowest BCUT2D eigenvalue weighted by Gasteiger charge is -2.33. The van der Waals surface area contributed by atoms with E-state index in [-0.39, 0.29) is 41.7 Å². The van der Waals surface area contributed by atoms with Crippen molar-refractivity contribution in [1.29, 1.82) is 0 Å². The Morgan fingerprint density at radius 3 is 2.59 bits per heavy atom. The van der Waals surface area contributed by atoms with Crippen LogP contribution in [0.4, 0.5) is 4.39 Å². The third kappa shape index (κ3) is 7.61. The van der Waals surface area contributed by atoms with Gasteiger partial charge in [0.05, 0.1) is 19.1 Å². The minimum absolute atomic E-state index is 0. The van der Waals surface area contributed by atoms with Crippen LogP contribution in [0.3, 0.4) is 0 Å². The molecule has 0 spiro atoms. The van der Waals surface area contributed by atoms with Gasteiger partial charge in [-0.15, -0.1) is 24.0 Å². The van der Waals surface area contributed by atoms with Gasteiger partial charge in [0.15, 0.2) is 5.96 Å². The molecule has 3 rings (SSSR count). The lowest BCUT2D eigenvalue weighted by Crippen LogP contribution is -2.46.